The summed E-state index contributed by atoms with van der Waals surface area (Å²) < 4.78 is 42.8. The van der Waals surface area contributed by atoms with Gasteiger partial charge in [-0.2, -0.15) is 4.98 Å². The van der Waals surface area contributed by atoms with Crippen LogP contribution in [0.2, 0.25) is 0 Å². The lowest BCUT2D eigenvalue weighted by Crippen LogP contribution is -2.24. The van der Waals surface area contributed by atoms with Gasteiger partial charge in [0.1, 0.15) is 11.3 Å². The van der Waals surface area contributed by atoms with Crippen molar-refractivity contribution in [3.05, 3.63) is 89.2 Å². The van der Waals surface area contributed by atoms with Crippen LogP contribution in [0, 0.1) is 12.7 Å². The molecule has 4 aromatic rings. The zero-order valence-corrected chi connectivity index (χ0v) is 18.3. The first-order valence-corrected chi connectivity index (χ1v) is 11.8. The number of benzene rings is 3. The van der Waals surface area contributed by atoms with Gasteiger partial charge in [-0.1, -0.05) is 30.3 Å². The second kappa shape index (κ2) is 8.55. The summed E-state index contributed by atoms with van der Waals surface area (Å²) in [6.45, 7) is 1.76. The number of para-hydroxylation sites is 2. The van der Waals surface area contributed by atoms with E-state index in [-0.39, 0.29) is 29.1 Å². The molecule has 1 heterocycles. The topological polar surface area (TPSA) is 89.3 Å². The molecule has 1 unspecified atom stereocenters. The van der Waals surface area contributed by atoms with Gasteiger partial charge < -0.3 is 4.42 Å². The van der Waals surface area contributed by atoms with Crippen LogP contribution < -0.4 is 5.32 Å². The number of anilines is 1. The lowest BCUT2D eigenvalue weighted by atomic mass is 9.88. The van der Waals surface area contributed by atoms with E-state index in [1.54, 1.807) is 43.3 Å². The van der Waals surface area contributed by atoms with E-state index in [0.29, 0.717) is 22.2 Å². The highest BCUT2D eigenvalue weighted by Crippen LogP contribution is 2.28. The number of hydrogen-bond donors (Lipinski definition) is 1. The molecule has 0 radical (unpaired) electrons. The van der Waals surface area contributed by atoms with Gasteiger partial charge in [0.25, 0.3) is 0 Å². The van der Waals surface area contributed by atoms with Crippen molar-refractivity contribution in [1.82, 2.24) is 4.98 Å². The fraction of sp³-hybridized carbons (Fsp3) is 0.167. The highest BCUT2D eigenvalue weighted by atomic mass is 32.2. The van der Waals surface area contributed by atoms with Crippen LogP contribution in [0.4, 0.5) is 10.4 Å². The van der Waals surface area contributed by atoms with Gasteiger partial charge in [-0.15, -0.1) is 0 Å². The van der Waals surface area contributed by atoms with Gasteiger partial charge in [-0.3, -0.25) is 10.1 Å². The lowest BCUT2D eigenvalue weighted by Gasteiger charge is -2.19. The number of sulfone groups is 1. The summed E-state index contributed by atoms with van der Waals surface area (Å²) in [4.78, 5) is 17.8. The Morgan fingerprint density at radius 2 is 1.81 bits per heavy atom. The number of halogens is 1. The van der Waals surface area contributed by atoms with Gasteiger partial charge >= 0.3 is 6.01 Å². The number of nitrogens with one attached hydrogen (secondary N) is 1. The third-order valence-corrected chi connectivity index (χ3v) is 6.35. The largest absolute Gasteiger partial charge is 0.423 e. The van der Waals surface area contributed by atoms with Crippen LogP contribution in [0.25, 0.3) is 11.1 Å². The average Bonchev–Trinajstić information content (AvgIpc) is 3.15. The summed E-state index contributed by atoms with van der Waals surface area (Å²) in [6.07, 6.45) is 1.42. The van der Waals surface area contributed by atoms with Gasteiger partial charge in [0.05, 0.1) is 10.8 Å². The van der Waals surface area contributed by atoms with Crippen LogP contribution in [0.3, 0.4) is 0 Å². The van der Waals surface area contributed by atoms with Crippen molar-refractivity contribution in [3.8, 4) is 0 Å². The normalized spacial score (nSPS) is 12.6. The molecule has 0 aliphatic rings. The second-order valence-corrected chi connectivity index (χ2v) is 9.67. The predicted octanol–water partition coefficient (Wildman–Crippen LogP) is 4.64. The van der Waals surface area contributed by atoms with Crippen molar-refractivity contribution in [2.24, 2.45) is 0 Å². The van der Waals surface area contributed by atoms with E-state index in [4.69, 9.17) is 4.42 Å². The molecule has 0 spiro atoms. The van der Waals surface area contributed by atoms with Crippen molar-refractivity contribution in [1.29, 1.82) is 0 Å². The Hall–Kier alpha value is -3.52. The Morgan fingerprint density at radius 1 is 1.09 bits per heavy atom. The molecule has 0 aliphatic carbocycles. The van der Waals surface area contributed by atoms with E-state index < -0.39 is 15.8 Å². The van der Waals surface area contributed by atoms with Crippen LogP contribution in [-0.2, 0) is 21.1 Å². The molecule has 1 amide bonds. The van der Waals surface area contributed by atoms with Gasteiger partial charge in [0.15, 0.2) is 15.4 Å². The molecule has 8 heteroatoms. The first-order valence-electron chi connectivity index (χ1n) is 9.92. The average molecular weight is 453 g/mol. The molecule has 0 aliphatic heterocycles. The van der Waals surface area contributed by atoms with Crippen LogP contribution in [0.15, 0.2) is 76.0 Å². The molecule has 6 nitrogen and oxygen atoms in total. The van der Waals surface area contributed by atoms with Crippen molar-refractivity contribution >= 4 is 32.9 Å². The minimum absolute atomic E-state index is 0.0747. The minimum atomic E-state index is -3.38. The summed E-state index contributed by atoms with van der Waals surface area (Å²) in [7, 11) is -3.38. The number of oxazole rings is 1. The summed E-state index contributed by atoms with van der Waals surface area (Å²) >= 11 is 0. The smallest absolute Gasteiger partial charge is 0.302 e. The Kier molecular flexibility index (Phi) is 5.80. The van der Waals surface area contributed by atoms with Crippen molar-refractivity contribution in [3.63, 3.8) is 0 Å². The van der Waals surface area contributed by atoms with Gasteiger partial charge in [0.2, 0.25) is 5.91 Å². The maximum absolute atomic E-state index is 13.4. The zero-order valence-electron chi connectivity index (χ0n) is 17.5. The number of carbonyl (C=O) groups is 1. The molecular formula is C24H21FN2O4S. The van der Waals surface area contributed by atoms with Crippen LogP contribution in [0.1, 0.15) is 22.6 Å². The Bertz CT molecular complexity index is 1360. The molecule has 4 rings (SSSR count). The maximum atomic E-state index is 13.4. The molecule has 1 N–H and O–H groups in total. The predicted molar refractivity (Wildman–Crippen MR) is 120 cm³/mol. The second-order valence-electron chi connectivity index (χ2n) is 7.65. The monoisotopic (exact) mass is 452 g/mol. The highest BCUT2D eigenvalue weighted by Gasteiger charge is 2.25. The number of fused-ring (bicyclic) bond motifs is 1. The van der Waals surface area contributed by atoms with Crippen LogP contribution in [-0.4, -0.2) is 25.6 Å². The fourth-order valence-electron chi connectivity index (χ4n) is 3.59. The molecule has 164 valence electrons. The number of carbonyl (C=O) groups excluding carboxylic acids is 1. The van der Waals surface area contributed by atoms with Gasteiger partial charge in [-0.25, -0.2) is 12.8 Å². The Labute approximate surface area is 185 Å². The standard InChI is InChI=1S/C24H21FN2O4S/c1-15-13-18(32(2,29)30)11-12-19(15)20(14-16-7-9-17(25)10-8-16)23(28)27-24-26-21-5-3-4-6-22(21)31-24/h3-13,20H,14H2,1-2H3,(H,26,27,28). The molecule has 1 aromatic heterocycles. The SMILES string of the molecule is Cc1cc(S(C)(=O)=O)ccc1C(Cc1ccc(F)cc1)C(=O)Nc1nc2ccccc2o1. The molecule has 1 atom stereocenters. The molecular weight excluding hydrogens is 431 g/mol. The first kappa shape index (κ1) is 21.7. The molecule has 0 fully saturated rings. The number of nitrogens with zero attached hydrogens (tertiary/aromatic N) is 1. The van der Waals surface area contributed by atoms with Gasteiger partial charge in [-0.05, 0) is 66.4 Å². The third kappa shape index (κ3) is 4.70. The maximum Gasteiger partial charge on any atom is 0.302 e. The van der Waals surface area contributed by atoms with E-state index in [1.807, 2.05) is 12.1 Å². The zero-order chi connectivity index (χ0) is 22.9. The van der Waals surface area contributed by atoms with E-state index in [1.165, 1.54) is 18.2 Å². The minimum Gasteiger partial charge on any atom is -0.423 e. The number of aryl methyl sites for hydroxylation is 1. The quantitative estimate of drug-likeness (QED) is 0.460. The van der Waals surface area contributed by atoms with Gasteiger partial charge in [0, 0.05) is 6.26 Å². The van der Waals surface area contributed by atoms with Crippen molar-refractivity contribution in [2.45, 2.75) is 24.2 Å². The molecule has 32 heavy (non-hydrogen) atoms. The summed E-state index contributed by atoms with van der Waals surface area (Å²) in [5.41, 5.74) is 3.25. The fourth-order valence-corrected chi connectivity index (χ4v) is 4.29. The lowest BCUT2D eigenvalue weighted by molar-refractivity contribution is -0.117. The molecule has 3 aromatic carbocycles. The Morgan fingerprint density at radius 3 is 2.47 bits per heavy atom. The summed E-state index contributed by atoms with van der Waals surface area (Å²) in [6, 6.07) is 17.8. The molecule has 0 saturated heterocycles. The van der Waals surface area contributed by atoms with E-state index in [2.05, 4.69) is 10.3 Å². The third-order valence-electron chi connectivity index (χ3n) is 5.24. The summed E-state index contributed by atoms with van der Waals surface area (Å²) in [5.74, 6) is -1.41. The number of amides is 1. The van der Waals surface area contributed by atoms with E-state index >= 15 is 0 Å². The van der Waals surface area contributed by atoms with E-state index in [0.717, 1.165) is 11.8 Å². The highest BCUT2D eigenvalue weighted by molar-refractivity contribution is 7.90. The Balaban J connectivity index is 1.69. The molecule has 0 saturated carbocycles. The molecule has 0 bridgehead atoms. The summed E-state index contributed by atoms with van der Waals surface area (Å²) in [5, 5.41) is 2.72. The number of aromatic nitrogens is 1. The van der Waals surface area contributed by atoms with Crippen molar-refractivity contribution in [2.75, 3.05) is 11.6 Å². The van der Waals surface area contributed by atoms with Crippen LogP contribution in [0.5, 0.6) is 0 Å². The first-order chi connectivity index (χ1) is 15.2. The van der Waals surface area contributed by atoms with E-state index in [9.17, 15) is 17.6 Å². The number of hydrogen-bond acceptors (Lipinski definition) is 5. The van der Waals surface area contributed by atoms with Crippen LogP contribution >= 0.6 is 0 Å². The number of rotatable bonds is 6. The van der Waals surface area contributed by atoms with Crippen molar-refractivity contribution < 1.29 is 22.0 Å².